The Hall–Kier alpha value is -1.80. The van der Waals surface area contributed by atoms with Crippen LogP contribution in [0.4, 0.5) is 10.5 Å². The molecule has 3 N–H and O–H groups in total. The van der Waals surface area contributed by atoms with Gasteiger partial charge in [0.2, 0.25) is 0 Å². The zero-order valence-electron chi connectivity index (χ0n) is 11.5. The van der Waals surface area contributed by atoms with Gasteiger partial charge in [0, 0.05) is 13.1 Å². The molecule has 0 atom stereocenters. The number of amides is 1. The van der Waals surface area contributed by atoms with E-state index in [1.165, 1.54) is 0 Å². The maximum atomic E-state index is 12.1. The lowest BCUT2D eigenvalue weighted by molar-refractivity contribution is 0.158. The molecule has 0 bridgehead atoms. The highest BCUT2D eigenvalue weighted by atomic mass is 32.2. The fourth-order valence-electron chi connectivity index (χ4n) is 1.61. The van der Waals surface area contributed by atoms with E-state index in [4.69, 9.17) is 5.73 Å². The average molecular weight is 301 g/mol. The van der Waals surface area contributed by atoms with Crippen LogP contribution in [0.2, 0.25) is 0 Å². The Morgan fingerprint density at radius 3 is 2.35 bits per heavy atom. The van der Waals surface area contributed by atoms with Crippen LogP contribution in [-0.2, 0) is 21.5 Å². The first-order chi connectivity index (χ1) is 9.44. The standard InChI is InChI=1S/C12H19N3O4S/c1-3-15(11-7-5-10(9-13)6-8-11)20(17,18)14-12(16)19-4-2/h5-8H,3-4,9,13H2,1-2H3,(H,14,16). The summed E-state index contributed by atoms with van der Waals surface area (Å²) in [6, 6.07) is 6.74. The summed E-state index contributed by atoms with van der Waals surface area (Å²) in [6.07, 6.45) is -0.996. The molecular formula is C12H19N3O4S. The lowest BCUT2D eigenvalue weighted by atomic mass is 10.2. The summed E-state index contributed by atoms with van der Waals surface area (Å²) in [7, 11) is -3.99. The number of hydrogen-bond acceptors (Lipinski definition) is 5. The second-order valence-electron chi connectivity index (χ2n) is 3.86. The van der Waals surface area contributed by atoms with Crippen molar-refractivity contribution in [2.75, 3.05) is 17.5 Å². The van der Waals surface area contributed by atoms with Crippen LogP contribution < -0.4 is 14.8 Å². The van der Waals surface area contributed by atoms with E-state index in [1.807, 2.05) is 4.72 Å². The lowest BCUT2D eigenvalue weighted by Crippen LogP contribution is -2.43. The van der Waals surface area contributed by atoms with Gasteiger partial charge in [-0.05, 0) is 31.5 Å². The number of nitrogens with one attached hydrogen (secondary N) is 1. The summed E-state index contributed by atoms with van der Waals surface area (Å²) in [6.45, 7) is 3.91. The molecule has 0 unspecified atom stereocenters. The number of nitrogens with zero attached hydrogens (tertiary/aromatic N) is 1. The van der Waals surface area contributed by atoms with Gasteiger partial charge in [0.25, 0.3) is 0 Å². The van der Waals surface area contributed by atoms with Gasteiger partial charge < -0.3 is 10.5 Å². The van der Waals surface area contributed by atoms with E-state index in [-0.39, 0.29) is 13.2 Å². The molecule has 1 rings (SSSR count). The third kappa shape index (κ3) is 4.10. The van der Waals surface area contributed by atoms with Gasteiger partial charge in [-0.15, -0.1) is 0 Å². The highest BCUT2D eigenvalue weighted by molar-refractivity contribution is 7.91. The summed E-state index contributed by atoms with van der Waals surface area (Å²) >= 11 is 0. The molecule has 1 amide bonds. The summed E-state index contributed by atoms with van der Waals surface area (Å²) < 4.78 is 31.7. The second kappa shape index (κ2) is 7.11. The number of carbonyl (C=O) groups is 1. The van der Waals surface area contributed by atoms with Crippen LogP contribution in [0, 0.1) is 0 Å². The third-order valence-corrected chi connectivity index (χ3v) is 4.00. The van der Waals surface area contributed by atoms with Gasteiger partial charge in [0.05, 0.1) is 12.3 Å². The third-order valence-electron chi connectivity index (χ3n) is 2.53. The molecule has 0 saturated heterocycles. The summed E-state index contributed by atoms with van der Waals surface area (Å²) in [5.41, 5.74) is 6.82. The Labute approximate surface area is 118 Å². The summed E-state index contributed by atoms with van der Waals surface area (Å²) in [5.74, 6) is 0. The minimum Gasteiger partial charge on any atom is -0.449 e. The highest BCUT2D eigenvalue weighted by Gasteiger charge is 2.23. The number of rotatable bonds is 6. The lowest BCUT2D eigenvalue weighted by Gasteiger charge is -2.22. The summed E-state index contributed by atoms with van der Waals surface area (Å²) in [5, 5.41) is 0. The number of benzene rings is 1. The molecule has 0 radical (unpaired) electrons. The van der Waals surface area contributed by atoms with Crippen molar-refractivity contribution >= 4 is 22.0 Å². The minimum absolute atomic E-state index is 0.0959. The van der Waals surface area contributed by atoms with Gasteiger partial charge in [-0.3, -0.25) is 4.31 Å². The van der Waals surface area contributed by atoms with E-state index in [0.29, 0.717) is 12.2 Å². The Kier molecular flexibility index (Phi) is 5.78. The van der Waals surface area contributed by atoms with Crippen molar-refractivity contribution in [3.05, 3.63) is 29.8 Å². The number of ether oxygens (including phenoxy) is 1. The molecule has 8 heteroatoms. The number of carbonyl (C=O) groups excluding carboxylic acids is 1. The van der Waals surface area contributed by atoms with E-state index < -0.39 is 16.3 Å². The van der Waals surface area contributed by atoms with E-state index >= 15 is 0 Å². The van der Waals surface area contributed by atoms with Crippen LogP contribution in [0.15, 0.2) is 24.3 Å². The molecule has 1 aromatic rings. The van der Waals surface area contributed by atoms with Gasteiger partial charge in [-0.2, -0.15) is 8.42 Å². The molecule has 112 valence electrons. The van der Waals surface area contributed by atoms with Crippen molar-refractivity contribution in [1.29, 1.82) is 0 Å². The fraction of sp³-hybridized carbons (Fsp3) is 0.417. The second-order valence-corrected chi connectivity index (χ2v) is 5.46. The molecule has 0 saturated carbocycles. The van der Waals surface area contributed by atoms with Crippen LogP contribution in [0.25, 0.3) is 0 Å². The van der Waals surface area contributed by atoms with Gasteiger partial charge in [-0.25, -0.2) is 9.52 Å². The summed E-state index contributed by atoms with van der Waals surface area (Å²) in [4.78, 5) is 11.3. The smallest absolute Gasteiger partial charge is 0.422 e. The van der Waals surface area contributed by atoms with Crippen molar-refractivity contribution in [2.24, 2.45) is 5.73 Å². The van der Waals surface area contributed by atoms with Crippen LogP contribution in [0.1, 0.15) is 19.4 Å². The first-order valence-electron chi connectivity index (χ1n) is 6.20. The molecular weight excluding hydrogens is 282 g/mol. The van der Waals surface area contributed by atoms with E-state index in [2.05, 4.69) is 4.74 Å². The number of hydrogen-bond donors (Lipinski definition) is 2. The van der Waals surface area contributed by atoms with Crippen LogP contribution >= 0.6 is 0 Å². The molecule has 0 aliphatic heterocycles. The zero-order valence-corrected chi connectivity index (χ0v) is 12.3. The van der Waals surface area contributed by atoms with Crippen LogP contribution in [0.5, 0.6) is 0 Å². The monoisotopic (exact) mass is 301 g/mol. The van der Waals surface area contributed by atoms with E-state index in [0.717, 1.165) is 9.87 Å². The Balaban J connectivity index is 2.95. The Bertz CT molecular complexity index is 542. The number of anilines is 1. The molecule has 1 aromatic carbocycles. The van der Waals surface area contributed by atoms with Crippen molar-refractivity contribution in [2.45, 2.75) is 20.4 Å². The zero-order chi connectivity index (χ0) is 15.2. The van der Waals surface area contributed by atoms with Crippen molar-refractivity contribution < 1.29 is 17.9 Å². The maximum absolute atomic E-state index is 12.1. The molecule has 0 heterocycles. The van der Waals surface area contributed by atoms with Gasteiger partial charge in [0.1, 0.15) is 0 Å². The van der Waals surface area contributed by atoms with Gasteiger partial charge in [0.15, 0.2) is 0 Å². The quantitative estimate of drug-likeness (QED) is 0.815. The molecule has 20 heavy (non-hydrogen) atoms. The van der Waals surface area contributed by atoms with E-state index in [1.54, 1.807) is 38.1 Å². The van der Waals surface area contributed by atoms with Crippen LogP contribution in [-0.4, -0.2) is 27.7 Å². The maximum Gasteiger partial charge on any atom is 0.422 e. The van der Waals surface area contributed by atoms with Crippen molar-refractivity contribution in [3.63, 3.8) is 0 Å². The molecule has 0 fully saturated rings. The average Bonchev–Trinajstić information content (AvgIpc) is 2.39. The normalized spacial score (nSPS) is 10.9. The molecule has 0 aliphatic rings. The predicted octanol–water partition coefficient (Wildman–Crippen LogP) is 0.962. The Morgan fingerprint density at radius 2 is 1.90 bits per heavy atom. The van der Waals surface area contributed by atoms with E-state index in [9.17, 15) is 13.2 Å². The van der Waals surface area contributed by atoms with Gasteiger partial charge in [-0.1, -0.05) is 12.1 Å². The first-order valence-corrected chi connectivity index (χ1v) is 7.64. The Morgan fingerprint density at radius 1 is 1.30 bits per heavy atom. The molecule has 0 aliphatic carbocycles. The number of nitrogens with two attached hydrogens (primary N) is 1. The van der Waals surface area contributed by atoms with Crippen LogP contribution in [0.3, 0.4) is 0 Å². The highest BCUT2D eigenvalue weighted by Crippen LogP contribution is 2.17. The topological polar surface area (TPSA) is 102 Å². The fourth-order valence-corrected chi connectivity index (χ4v) is 2.73. The van der Waals surface area contributed by atoms with Gasteiger partial charge >= 0.3 is 16.3 Å². The van der Waals surface area contributed by atoms with Crippen molar-refractivity contribution in [3.8, 4) is 0 Å². The predicted molar refractivity (Wildman–Crippen MR) is 76.4 cm³/mol. The first kappa shape index (κ1) is 16.3. The minimum atomic E-state index is -3.99. The SMILES string of the molecule is CCOC(=O)NS(=O)(=O)N(CC)c1ccc(CN)cc1. The molecule has 0 aromatic heterocycles. The molecule has 0 spiro atoms. The largest absolute Gasteiger partial charge is 0.449 e. The molecule has 7 nitrogen and oxygen atoms in total. The van der Waals surface area contributed by atoms with Crippen molar-refractivity contribution in [1.82, 2.24) is 4.72 Å².